The molecule has 0 aromatic carbocycles. The molecule has 0 aromatic heterocycles. The summed E-state index contributed by atoms with van der Waals surface area (Å²) in [6, 6.07) is 0. The van der Waals surface area contributed by atoms with Crippen molar-refractivity contribution in [1.82, 2.24) is 0 Å². The quantitative estimate of drug-likeness (QED) is 0.329. The van der Waals surface area contributed by atoms with Gasteiger partial charge in [0.2, 0.25) is 0 Å². The average Bonchev–Trinajstić information content (AvgIpc) is 0. The Hall–Kier alpha value is 2.71. The van der Waals surface area contributed by atoms with Crippen LogP contribution in [0, 0.1) is 0 Å². The second-order valence-corrected chi connectivity index (χ2v) is 0. The Bertz CT molecular complexity index is 14.9. The SMILES string of the molecule is [Al+3].[CaH2].[Cr].[F-].[F-].[F-].[LiH]. The van der Waals surface area contributed by atoms with Crippen LogP contribution in [-0.4, -0.2) is 74.0 Å². The van der Waals surface area contributed by atoms with E-state index in [4.69, 9.17) is 0 Å². The van der Waals surface area contributed by atoms with Crippen molar-refractivity contribution in [3.8, 4) is 0 Å². The van der Waals surface area contributed by atoms with Crippen molar-refractivity contribution in [2.45, 2.75) is 0 Å². The van der Waals surface area contributed by atoms with Gasteiger partial charge < -0.3 is 14.1 Å². The predicted octanol–water partition coefficient (Wildman–Crippen LogP) is -10.9. The van der Waals surface area contributed by atoms with Crippen LogP contribution in [-0.2, 0) is 17.4 Å². The monoisotopic (exact) mass is 186 g/mol. The first-order valence-electron chi connectivity index (χ1n) is 0. The van der Waals surface area contributed by atoms with Crippen LogP contribution in [0.1, 0.15) is 0 Å². The molecule has 36 valence electrons. The summed E-state index contributed by atoms with van der Waals surface area (Å²) in [5.41, 5.74) is 0. The van der Waals surface area contributed by atoms with Gasteiger partial charge in [0, 0.05) is 17.4 Å². The van der Waals surface area contributed by atoms with Crippen molar-refractivity contribution in [3.05, 3.63) is 0 Å². The molecule has 0 rings (SSSR count). The Kier molecular flexibility index (Phi) is 1010. The van der Waals surface area contributed by atoms with Gasteiger partial charge in [-0.2, -0.15) is 0 Å². The summed E-state index contributed by atoms with van der Waals surface area (Å²) in [7, 11) is 0. The van der Waals surface area contributed by atoms with Gasteiger partial charge in [0.25, 0.3) is 0 Å². The molecule has 0 saturated heterocycles. The molecule has 0 aliphatic rings. The van der Waals surface area contributed by atoms with Crippen LogP contribution in [0.15, 0.2) is 0 Å². The summed E-state index contributed by atoms with van der Waals surface area (Å²) < 4.78 is 0. The van der Waals surface area contributed by atoms with E-state index in [0.29, 0.717) is 0 Å². The molecule has 0 aliphatic heterocycles. The van der Waals surface area contributed by atoms with Gasteiger partial charge >= 0.3 is 74.0 Å². The Morgan fingerprint density at radius 1 is 0.714 bits per heavy atom. The topological polar surface area (TPSA) is 0 Å². The van der Waals surface area contributed by atoms with E-state index < -0.39 is 0 Å². The predicted molar refractivity (Wildman–Crippen MR) is 21.4 cm³/mol. The van der Waals surface area contributed by atoms with E-state index in [9.17, 15) is 0 Å². The molecule has 0 nitrogen and oxygen atoms in total. The summed E-state index contributed by atoms with van der Waals surface area (Å²) in [6.07, 6.45) is 0. The van der Waals surface area contributed by atoms with Crippen LogP contribution >= 0.6 is 0 Å². The van der Waals surface area contributed by atoms with Gasteiger partial charge in [-0.25, -0.2) is 0 Å². The second kappa shape index (κ2) is 70.4. The van der Waals surface area contributed by atoms with Crippen molar-refractivity contribution < 1.29 is 31.5 Å². The van der Waals surface area contributed by atoms with Crippen molar-refractivity contribution in [2.24, 2.45) is 0 Å². The van der Waals surface area contributed by atoms with E-state index in [1.807, 2.05) is 0 Å². The van der Waals surface area contributed by atoms with E-state index in [2.05, 4.69) is 0 Å². The molecule has 7 heavy (non-hydrogen) atoms. The zero-order chi connectivity index (χ0) is 0. The van der Waals surface area contributed by atoms with Crippen LogP contribution in [0.25, 0.3) is 0 Å². The summed E-state index contributed by atoms with van der Waals surface area (Å²) in [4.78, 5) is 0. The first-order valence-corrected chi connectivity index (χ1v) is 0. The third kappa shape index (κ3) is 53.4. The van der Waals surface area contributed by atoms with E-state index >= 15 is 0 Å². The molecular weight excluding hydrogens is 183 g/mol. The first-order chi connectivity index (χ1) is 0. The van der Waals surface area contributed by atoms with Crippen LogP contribution < -0.4 is 14.1 Å². The van der Waals surface area contributed by atoms with Crippen LogP contribution in [0.3, 0.4) is 0 Å². The maximum absolute atomic E-state index is 0. The number of rotatable bonds is 0. The molecule has 0 bridgehead atoms. The van der Waals surface area contributed by atoms with Crippen molar-refractivity contribution in [2.75, 3.05) is 0 Å². The molecule has 0 heterocycles. The summed E-state index contributed by atoms with van der Waals surface area (Å²) in [5, 5.41) is 0. The third-order valence-electron chi connectivity index (χ3n) is 0. The number of halogens is 3. The Labute approximate surface area is 104 Å². The number of hydrogen-bond acceptors (Lipinski definition) is 0. The molecule has 0 radical (unpaired) electrons. The molecule has 0 saturated carbocycles. The zero-order valence-corrected chi connectivity index (χ0v) is 4.55. The molecule has 0 aliphatic carbocycles. The minimum absolute atomic E-state index is 0. The van der Waals surface area contributed by atoms with Gasteiger partial charge in [0.1, 0.15) is 0 Å². The molecule has 0 unspecified atom stereocenters. The average molecular weight is 186 g/mol. The van der Waals surface area contributed by atoms with Crippen LogP contribution in [0.2, 0.25) is 0 Å². The summed E-state index contributed by atoms with van der Waals surface area (Å²) >= 11 is 0. The van der Waals surface area contributed by atoms with Crippen molar-refractivity contribution in [1.29, 1.82) is 0 Å². The standard InChI is InChI=1S/Al.Ca.Cr.3FH.Li.3H/h;;;3*1H;;;;/q+3;;;;;;;;;/p-3. The molecular formula is H3AlCaCrF3Li. The zero-order valence-electron chi connectivity index (χ0n) is 2.12. The fraction of sp³-hybridized carbons (Fsp3) is 0. The van der Waals surface area contributed by atoms with Gasteiger partial charge in [-0.15, -0.1) is 0 Å². The minimum atomic E-state index is 0. The fourth-order valence-corrected chi connectivity index (χ4v) is 0. The van der Waals surface area contributed by atoms with Crippen LogP contribution in [0.4, 0.5) is 0 Å². The summed E-state index contributed by atoms with van der Waals surface area (Å²) in [5.74, 6) is 0. The van der Waals surface area contributed by atoms with E-state index in [0.717, 1.165) is 0 Å². The van der Waals surface area contributed by atoms with Crippen LogP contribution in [0.5, 0.6) is 0 Å². The molecule has 0 spiro atoms. The maximum atomic E-state index is 0. The third-order valence-corrected chi connectivity index (χ3v) is 0. The Balaban J connectivity index is 0. The van der Waals surface area contributed by atoms with Gasteiger partial charge in [0.05, 0.1) is 0 Å². The molecule has 0 atom stereocenters. The van der Waals surface area contributed by atoms with Gasteiger partial charge in [-0.1, -0.05) is 0 Å². The van der Waals surface area contributed by atoms with Gasteiger partial charge in [-0.05, 0) is 0 Å². The van der Waals surface area contributed by atoms with Gasteiger partial charge in [0.15, 0.2) is 0 Å². The van der Waals surface area contributed by atoms with E-state index in [-0.39, 0.29) is 105 Å². The summed E-state index contributed by atoms with van der Waals surface area (Å²) in [6.45, 7) is 0. The molecule has 0 amide bonds. The van der Waals surface area contributed by atoms with E-state index in [1.54, 1.807) is 0 Å². The van der Waals surface area contributed by atoms with Crippen molar-refractivity contribution >= 4 is 74.0 Å². The Morgan fingerprint density at radius 3 is 0.714 bits per heavy atom. The molecule has 0 aromatic rings. The second-order valence-electron chi connectivity index (χ2n) is 0. The molecule has 0 N–H and O–H groups in total. The molecule has 7 heteroatoms. The number of hydrogen-bond donors (Lipinski definition) is 0. The van der Waals surface area contributed by atoms with E-state index in [1.165, 1.54) is 0 Å². The van der Waals surface area contributed by atoms with Gasteiger partial charge in [-0.3, -0.25) is 0 Å². The fourth-order valence-electron chi connectivity index (χ4n) is 0. The molecule has 0 fully saturated rings. The van der Waals surface area contributed by atoms with Crippen molar-refractivity contribution in [3.63, 3.8) is 0 Å². The first kappa shape index (κ1) is 100. The normalized spacial score (nSPS) is 0. The Morgan fingerprint density at radius 2 is 0.714 bits per heavy atom.